The van der Waals surface area contributed by atoms with Gasteiger partial charge < -0.3 is 20.5 Å². The van der Waals surface area contributed by atoms with Crippen molar-refractivity contribution in [2.24, 2.45) is 0 Å². The molecule has 0 radical (unpaired) electrons. The Labute approximate surface area is 118 Å². The van der Waals surface area contributed by atoms with E-state index in [4.69, 9.17) is 9.84 Å². The summed E-state index contributed by atoms with van der Waals surface area (Å²) in [6, 6.07) is 5.30. The summed E-state index contributed by atoms with van der Waals surface area (Å²) in [7, 11) is 1.52. The fourth-order valence-electron chi connectivity index (χ4n) is 1.71. The Kier molecular flexibility index (Phi) is 6.97. The van der Waals surface area contributed by atoms with Crippen LogP contribution in [0.1, 0.15) is 25.0 Å². The first-order valence-electron chi connectivity index (χ1n) is 6.54. The van der Waals surface area contributed by atoms with E-state index in [9.17, 15) is 9.18 Å². The Morgan fingerprint density at radius 1 is 1.40 bits per heavy atom. The smallest absolute Gasteiger partial charge is 0.315 e. The van der Waals surface area contributed by atoms with E-state index in [1.54, 1.807) is 12.1 Å². The molecule has 0 saturated heterocycles. The molecule has 0 heterocycles. The van der Waals surface area contributed by atoms with E-state index in [-0.39, 0.29) is 37.1 Å². The quantitative estimate of drug-likeness (QED) is 0.712. The van der Waals surface area contributed by atoms with E-state index in [0.717, 1.165) is 5.56 Å². The molecule has 5 nitrogen and oxygen atoms in total. The van der Waals surface area contributed by atoms with Gasteiger partial charge in [0.15, 0.2) is 0 Å². The fourth-order valence-corrected chi connectivity index (χ4v) is 1.71. The van der Waals surface area contributed by atoms with E-state index >= 15 is 0 Å². The van der Waals surface area contributed by atoms with Crippen LogP contribution >= 0.6 is 0 Å². The van der Waals surface area contributed by atoms with Gasteiger partial charge in [0, 0.05) is 13.7 Å². The molecule has 2 unspecified atom stereocenters. The number of halogens is 1. The van der Waals surface area contributed by atoms with Crippen molar-refractivity contribution in [2.45, 2.75) is 25.5 Å². The van der Waals surface area contributed by atoms with Gasteiger partial charge in [0.05, 0.1) is 18.8 Å². The number of rotatable bonds is 7. The lowest BCUT2D eigenvalue weighted by Gasteiger charge is -2.19. The topological polar surface area (TPSA) is 70.6 Å². The van der Waals surface area contributed by atoms with Crippen LogP contribution in [-0.2, 0) is 4.74 Å². The predicted molar refractivity (Wildman–Crippen MR) is 73.8 cm³/mol. The van der Waals surface area contributed by atoms with Gasteiger partial charge in [-0.25, -0.2) is 9.18 Å². The molecule has 1 aromatic carbocycles. The van der Waals surface area contributed by atoms with Gasteiger partial charge in [-0.2, -0.15) is 0 Å². The van der Waals surface area contributed by atoms with Gasteiger partial charge in [-0.15, -0.1) is 0 Å². The maximum Gasteiger partial charge on any atom is 0.315 e. The number of urea groups is 1. The summed E-state index contributed by atoms with van der Waals surface area (Å²) in [5.41, 5.74) is 0.781. The highest BCUT2D eigenvalue weighted by atomic mass is 19.1. The second-order valence-corrected chi connectivity index (χ2v) is 4.42. The van der Waals surface area contributed by atoms with Crippen LogP contribution in [-0.4, -0.2) is 37.4 Å². The van der Waals surface area contributed by atoms with Gasteiger partial charge in [0.1, 0.15) is 5.82 Å². The van der Waals surface area contributed by atoms with Crippen molar-refractivity contribution in [1.29, 1.82) is 0 Å². The Morgan fingerprint density at radius 3 is 2.55 bits per heavy atom. The van der Waals surface area contributed by atoms with Crippen LogP contribution in [0.3, 0.4) is 0 Å². The minimum atomic E-state index is -0.366. The summed E-state index contributed by atoms with van der Waals surface area (Å²) in [6.45, 7) is 2.03. The van der Waals surface area contributed by atoms with E-state index in [2.05, 4.69) is 10.6 Å². The van der Waals surface area contributed by atoms with Crippen LogP contribution in [0, 0.1) is 5.82 Å². The van der Waals surface area contributed by atoms with E-state index < -0.39 is 0 Å². The molecule has 0 bridgehead atoms. The molecular formula is C14H21FN2O3. The summed E-state index contributed by atoms with van der Waals surface area (Å²) in [5, 5.41) is 14.3. The van der Waals surface area contributed by atoms with Crippen LogP contribution in [0.2, 0.25) is 0 Å². The molecule has 20 heavy (non-hydrogen) atoms. The van der Waals surface area contributed by atoms with Gasteiger partial charge in [-0.1, -0.05) is 19.1 Å². The zero-order chi connectivity index (χ0) is 15.0. The summed E-state index contributed by atoms with van der Waals surface area (Å²) in [5.74, 6) is -0.317. The predicted octanol–water partition coefficient (Wildman–Crippen LogP) is 1.58. The maximum absolute atomic E-state index is 12.8. The maximum atomic E-state index is 12.8. The van der Waals surface area contributed by atoms with Crippen LogP contribution in [0.15, 0.2) is 24.3 Å². The van der Waals surface area contributed by atoms with E-state index in [1.807, 2.05) is 6.92 Å². The molecule has 0 saturated carbocycles. The van der Waals surface area contributed by atoms with Crippen molar-refractivity contribution in [3.63, 3.8) is 0 Å². The number of benzene rings is 1. The number of carbonyl (C=O) groups excluding carboxylic acids is 1. The van der Waals surface area contributed by atoms with Crippen LogP contribution in [0.4, 0.5) is 9.18 Å². The van der Waals surface area contributed by atoms with Crippen molar-refractivity contribution >= 4 is 6.03 Å². The second-order valence-electron chi connectivity index (χ2n) is 4.42. The largest absolute Gasteiger partial charge is 0.394 e. The number of nitrogens with one attached hydrogen (secondary N) is 2. The highest BCUT2D eigenvalue weighted by Gasteiger charge is 2.13. The number of carbonyl (C=O) groups is 1. The van der Waals surface area contributed by atoms with Crippen LogP contribution in [0.25, 0.3) is 0 Å². The lowest BCUT2D eigenvalue weighted by molar-refractivity contribution is 0.103. The van der Waals surface area contributed by atoms with Crippen LogP contribution in [0.5, 0.6) is 0 Å². The molecule has 0 aliphatic carbocycles. The molecule has 0 spiro atoms. The molecule has 2 amide bonds. The molecule has 6 heteroatoms. The van der Waals surface area contributed by atoms with Crippen molar-refractivity contribution < 1.29 is 19.0 Å². The lowest BCUT2D eigenvalue weighted by Crippen LogP contribution is -2.44. The summed E-state index contributed by atoms with van der Waals surface area (Å²) in [6.07, 6.45) is 0.297. The van der Waals surface area contributed by atoms with Gasteiger partial charge in [0.25, 0.3) is 0 Å². The molecule has 3 N–H and O–H groups in total. The Hall–Kier alpha value is -1.66. The number of hydrogen-bond acceptors (Lipinski definition) is 3. The third-order valence-electron chi connectivity index (χ3n) is 3.02. The lowest BCUT2D eigenvalue weighted by atomic mass is 10.1. The average Bonchev–Trinajstić information content (AvgIpc) is 2.47. The standard InChI is InChI=1S/C14H21FN2O3/c1-3-12(9-18)17-14(19)16-8-13(20-2)10-4-6-11(15)7-5-10/h4-7,12-13,18H,3,8-9H2,1-2H3,(H2,16,17,19). The third-order valence-corrected chi connectivity index (χ3v) is 3.02. The normalized spacial score (nSPS) is 13.6. The zero-order valence-corrected chi connectivity index (χ0v) is 11.7. The molecular weight excluding hydrogens is 263 g/mol. The Morgan fingerprint density at radius 2 is 2.05 bits per heavy atom. The van der Waals surface area contributed by atoms with Gasteiger partial charge in [-0.05, 0) is 24.1 Å². The molecule has 0 fully saturated rings. The molecule has 2 atom stereocenters. The second kappa shape index (κ2) is 8.50. The van der Waals surface area contributed by atoms with E-state index in [0.29, 0.717) is 6.42 Å². The third kappa shape index (κ3) is 5.14. The Bertz CT molecular complexity index is 407. The number of amides is 2. The van der Waals surface area contributed by atoms with Crippen molar-refractivity contribution in [3.05, 3.63) is 35.6 Å². The van der Waals surface area contributed by atoms with Crippen molar-refractivity contribution in [3.8, 4) is 0 Å². The zero-order valence-electron chi connectivity index (χ0n) is 11.7. The number of methoxy groups -OCH3 is 1. The van der Waals surface area contributed by atoms with Gasteiger partial charge in [-0.3, -0.25) is 0 Å². The van der Waals surface area contributed by atoms with Gasteiger partial charge >= 0.3 is 6.03 Å². The van der Waals surface area contributed by atoms with Crippen LogP contribution < -0.4 is 10.6 Å². The number of hydrogen-bond donors (Lipinski definition) is 3. The van der Waals surface area contributed by atoms with E-state index in [1.165, 1.54) is 19.2 Å². The first-order chi connectivity index (χ1) is 9.60. The number of aliphatic hydroxyl groups is 1. The molecule has 0 aliphatic rings. The first-order valence-corrected chi connectivity index (χ1v) is 6.54. The molecule has 1 rings (SSSR count). The highest BCUT2D eigenvalue weighted by molar-refractivity contribution is 5.74. The summed E-state index contributed by atoms with van der Waals surface area (Å²) >= 11 is 0. The fraction of sp³-hybridized carbons (Fsp3) is 0.500. The molecule has 0 aromatic heterocycles. The average molecular weight is 284 g/mol. The SMILES string of the molecule is CCC(CO)NC(=O)NCC(OC)c1ccc(F)cc1. The minimum absolute atomic E-state index is 0.102. The first kappa shape index (κ1) is 16.4. The number of aliphatic hydroxyl groups excluding tert-OH is 1. The van der Waals surface area contributed by atoms with Crippen molar-refractivity contribution in [1.82, 2.24) is 10.6 Å². The highest BCUT2D eigenvalue weighted by Crippen LogP contribution is 2.15. The Balaban J connectivity index is 2.49. The molecule has 0 aliphatic heterocycles. The number of ether oxygens (including phenoxy) is 1. The molecule has 1 aromatic rings. The van der Waals surface area contributed by atoms with Crippen molar-refractivity contribution in [2.75, 3.05) is 20.3 Å². The van der Waals surface area contributed by atoms with Gasteiger partial charge in [0.2, 0.25) is 0 Å². The summed E-state index contributed by atoms with van der Waals surface area (Å²) < 4.78 is 18.1. The summed E-state index contributed by atoms with van der Waals surface area (Å²) in [4.78, 5) is 11.6. The molecule has 112 valence electrons. The minimum Gasteiger partial charge on any atom is -0.394 e. The monoisotopic (exact) mass is 284 g/mol.